The molecule has 0 amide bonds. The zero-order chi connectivity index (χ0) is 24.9. The van der Waals surface area contributed by atoms with Crippen LogP contribution >= 0.6 is 0 Å². The van der Waals surface area contributed by atoms with Gasteiger partial charge in [-0.15, -0.1) is 0 Å². The summed E-state index contributed by atoms with van der Waals surface area (Å²) in [5.74, 6) is -2.14. The molecule has 4 aliphatic carbocycles. The van der Waals surface area contributed by atoms with Crippen molar-refractivity contribution in [3.63, 3.8) is 0 Å². The predicted octanol–water partition coefficient (Wildman–Crippen LogP) is 3.70. The van der Waals surface area contributed by atoms with Crippen LogP contribution in [-0.2, 0) is 14.3 Å². The van der Waals surface area contributed by atoms with E-state index in [1.807, 2.05) is 45.9 Å². The van der Waals surface area contributed by atoms with Crippen molar-refractivity contribution in [2.75, 3.05) is 6.61 Å². The first-order chi connectivity index (χ1) is 15.7. The molecule has 0 aromatic rings. The summed E-state index contributed by atoms with van der Waals surface area (Å²) < 4.78 is 30.0. The first kappa shape index (κ1) is 24.3. The van der Waals surface area contributed by atoms with Crippen LogP contribution in [-0.4, -0.2) is 63.6 Å². The van der Waals surface area contributed by atoms with E-state index in [1.54, 1.807) is 13.8 Å². The molecule has 0 bridgehead atoms. The van der Waals surface area contributed by atoms with E-state index in [-0.39, 0.29) is 18.4 Å². The molecule has 4 fully saturated rings. The van der Waals surface area contributed by atoms with Gasteiger partial charge in [0.15, 0.2) is 22.8 Å². The first-order valence-corrected chi connectivity index (χ1v) is 12.6. The van der Waals surface area contributed by atoms with Crippen molar-refractivity contribution in [2.24, 2.45) is 27.7 Å². The summed E-state index contributed by atoms with van der Waals surface area (Å²) in [6.07, 6.45) is 5.68. The smallest absolute Gasteiger partial charge is 0.193 e. The van der Waals surface area contributed by atoms with Gasteiger partial charge in [-0.2, -0.15) is 0 Å². The zero-order valence-corrected chi connectivity index (χ0v) is 21.1. The molecule has 34 heavy (non-hydrogen) atoms. The molecule has 3 saturated carbocycles. The van der Waals surface area contributed by atoms with Crippen LogP contribution in [0.2, 0.25) is 0 Å². The van der Waals surface area contributed by atoms with Gasteiger partial charge < -0.3 is 19.7 Å². The molecule has 0 radical (unpaired) electrons. The van der Waals surface area contributed by atoms with Gasteiger partial charge in [0.1, 0.15) is 6.61 Å². The number of carbonyl (C=O) groups excluding carboxylic acids is 1. The van der Waals surface area contributed by atoms with Crippen LogP contribution in [0.5, 0.6) is 0 Å². The van der Waals surface area contributed by atoms with Crippen LogP contribution < -0.4 is 0 Å². The minimum Gasteiger partial charge on any atom is -0.390 e. The summed E-state index contributed by atoms with van der Waals surface area (Å²) in [5.41, 5.74) is -3.30. The highest BCUT2D eigenvalue weighted by atomic mass is 19.1. The predicted molar refractivity (Wildman–Crippen MR) is 126 cm³/mol. The van der Waals surface area contributed by atoms with Crippen molar-refractivity contribution in [2.45, 2.75) is 103 Å². The number of allylic oxidation sites excluding steroid dienone is 4. The lowest BCUT2D eigenvalue weighted by Gasteiger charge is -2.62. The monoisotopic (exact) mass is 475 g/mol. The minimum atomic E-state index is -1.89. The fourth-order valence-corrected chi connectivity index (χ4v) is 8.31. The average Bonchev–Trinajstić information content (AvgIpc) is 3.15. The van der Waals surface area contributed by atoms with Gasteiger partial charge in [-0.25, -0.2) is 4.39 Å². The van der Waals surface area contributed by atoms with Crippen LogP contribution in [0.15, 0.2) is 28.8 Å². The maximum absolute atomic E-state index is 17.5. The number of fused-ring (bicyclic) bond motifs is 7. The molecule has 2 N–H and O–H groups in total. The second-order valence-corrected chi connectivity index (χ2v) is 12.2. The lowest BCUT2D eigenvalue weighted by atomic mass is 9.44. The van der Waals surface area contributed by atoms with Crippen LogP contribution in [0, 0.1) is 22.7 Å². The highest BCUT2D eigenvalue weighted by molar-refractivity contribution is 6.06. The fraction of sp³-hybridized carbons (Fsp3) is 0.778. The van der Waals surface area contributed by atoms with Gasteiger partial charge in [-0.1, -0.05) is 18.6 Å². The normalized spacial score (nSPS) is 49.9. The van der Waals surface area contributed by atoms with Crippen LogP contribution in [0.25, 0.3) is 0 Å². The summed E-state index contributed by atoms with van der Waals surface area (Å²) in [6, 6.07) is 0.139. The van der Waals surface area contributed by atoms with Crippen LogP contribution in [0.1, 0.15) is 67.2 Å². The topological polar surface area (TPSA) is 88.4 Å². The molecule has 5 rings (SSSR count). The van der Waals surface area contributed by atoms with Crippen LogP contribution in [0.3, 0.4) is 0 Å². The van der Waals surface area contributed by atoms with E-state index in [0.29, 0.717) is 19.3 Å². The van der Waals surface area contributed by atoms with Gasteiger partial charge in [-0.05, 0) is 78.4 Å². The Morgan fingerprint density at radius 3 is 2.62 bits per heavy atom. The van der Waals surface area contributed by atoms with Gasteiger partial charge in [-0.3, -0.25) is 9.79 Å². The highest BCUT2D eigenvalue weighted by Gasteiger charge is 2.79. The minimum absolute atomic E-state index is 0.0655. The number of aliphatic hydroxyl groups excluding tert-OH is 2. The van der Waals surface area contributed by atoms with Crippen molar-refractivity contribution in [3.8, 4) is 0 Å². The Hall–Kier alpha value is -1.41. The van der Waals surface area contributed by atoms with Gasteiger partial charge in [0, 0.05) is 22.8 Å². The van der Waals surface area contributed by atoms with Gasteiger partial charge in [0.2, 0.25) is 0 Å². The summed E-state index contributed by atoms with van der Waals surface area (Å²) in [6.45, 7) is 10.7. The lowest BCUT2D eigenvalue weighted by Crippen LogP contribution is -2.70. The number of ketones is 1. The zero-order valence-electron chi connectivity index (χ0n) is 21.1. The maximum atomic E-state index is 17.5. The number of carbonyl (C=O) groups is 1. The van der Waals surface area contributed by atoms with E-state index in [0.717, 1.165) is 11.3 Å². The number of aliphatic hydroxyl groups is 2. The first-order valence-electron chi connectivity index (χ1n) is 12.6. The lowest BCUT2D eigenvalue weighted by molar-refractivity contribution is -0.246. The fourth-order valence-electron chi connectivity index (χ4n) is 8.31. The molecule has 188 valence electrons. The number of rotatable bonds is 3. The Bertz CT molecular complexity index is 1000. The molecule has 8 atom stereocenters. The Balaban J connectivity index is 1.59. The van der Waals surface area contributed by atoms with Gasteiger partial charge in [0.05, 0.1) is 17.9 Å². The summed E-state index contributed by atoms with van der Waals surface area (Å²) in [4.78, 5) is 17.9. The molecule has 0 aromatic carbocycles. The van der Waals surface area contributed by atoms with E-state index in [4.69, 9.17) is 9.47 Å². The molecule has 7 heteroatoms. The number of hydrogen-bond acceptors (Lipinski definition) is 6. The molecule has 5 aliphatic rings. The van der Waals surface area contributed by atoms with Crippen molar-refractivity contribution in [1.29, 1.82) is 0 Å². The van der Waals surface area contributed by atoms with Crippen molar-refractivity contribution < 1.29 is 28.9 Å². The molecule has 1 saturated heterocycles. The Morgan fingerprint density at radius 2 is 1.97 bits per heavy atom. The van der Waals surface area contributed by atoms with E-state index in [1.165, 1.54) is 0 Å². The number of nitrogens with zero attached hydrogens (tertiary/aromatic N) is 1. The number of hydrogen-bond donors (Lipinski definition) is 2. The maximum Gasteiger partial charge on any atom is 0.193 e. The van der Waals surface area contributed by atoms with Crippen LogP contribution in [0.4, 0.5) is 4.39 Å². The summed E-state index contributed by atoms with van der Waals surface area (Å²) in [5, 5.41) is 21.5. The van der Waals surface area contributed by atoms with E-state index in [2.05, 4.69) is 4.99 Å². The molecule has 0 spiro atoms. The summed E-state index contributed by atoms with van der Waals surface area (Å²) in [7, 11) is 0. The number of Topliss-reactive ketones (excluding diaryl/α,β-unsaturated/α-hetero) is 1. The largest absolute Gasteiger partial charge is 0.390 e. The average molecular weight is 476 g/mol. The number of aliphatic imine (C=N–C) groups is 1. The Kier molecular flexibility index (Phi) is 5.22. The molecule has 0 aromatic heterocycles. The number of halogens is 1. The third-order valence-corrected chi connectivity index (χ3v) is 9.61. The van der Waals surface area contributed by atoms with Crippen molar-refractivity contribution in [1.82, 2.24) is 0 Å². The molecule has 1 aliphatic heterocycles. The highest BCUT2D eigenvalue weighted by Crippen LogP contribution is 2.72. The SMILES string of the molecule is CC(C)N=C1C=C[C@@]2(C)C(=C1)CC[C@H]1[C@@H]3C[C@H]4OC(C)(C)O[C@@]4(C(=O)CO)[C@@]3(C)C[C@H](O)[C@@]12F. The number of alkyl halides is 1. The molecular formula is C27H38FNO5. The third-order valence-electron chi connectivity index (χ3n) is 9.61. The Morgan fingerprint density at radius 1 is 1.26 bits per heavy atom. The van der Waals surface area contributed by atoms with Crippen molar-refractivity contribution in [3.05, 3.63) is 23.8 Å². The molecule has 1 heterocycles. The molecule has 0 unspecified atom stereocenters. The van der Waals surface area contributed by atoms with E-state index in [9.17, 15) is 15.0 Å². The second kappa shape index (κ2) is 7.31. The molecule has 6 nitrogen and oxygen atoms in total. The second-order valence-electron chi connectivity index (χ2n) is 12.2. The van der Waals surface area contributed by atoms with E-state index >= 15 is 4.39 Å². The number of ether oxygens (including phenoxy) is 2. The van der Waals surface area contributed by atoms with Gasteiger partial charge >= 0.3 is 0 Å². The van der Waals surface area contributed by atoms with Gasteiger partial charge in [0.25, 0.3) is 0 Å². The van der Waals surface area contributed by atoms with Crippen molar-refractivity contribution >= 4 is 11.5 Å². The Labute approximate surface area is 201 Å². The van der Waals surface area contributed by atoms with E-state index < -0.39 is 58.4 Å². The summed E-state index contributed by atoms with van der Waals surface area (Å²) >= 11 is 0. The molecular weight excluding hydrogens is 437 g/mol. The quantitative estimate of drug-likeness (QED) is 0.650. The third kappa shape index (κ3) is 2.81. The standard InChI is InChI=1S/C27H38FNO5/c1-15(2)29-17-9-10-24(5)16(11-17)7-8-18-19-12-22-27(21(32)14-30,34-23(3,4)33-22)25(19,6)13-20(31)26(18,24)28/h9-11,15,18-20,22,30-31H,7-8,12-14H2,1-6H3/t18-,19-,20-,22+,24-,25-,26-,27+/m0/s1.